The van der Waals surface area contributed by atoms with Crippen molar-refractivity contribution in [2.75, 3.05) is 13.6 Å². The normalized spacial score (nSPS) is 27.1. The van der Waals surface area contributed by atoms with Crippen molar-refractivity contribution in [2.45, 2.75) is 64.3 Å². The first-order valence-corrected chi connectivity index (χ1v) is 9.09. The van der Waals surface area contributed by atoms with Crippen molar-refractivity contribution in [1.29, 1.82) is 0 Å². The summed E-state index contributed by atoms with van der Waals surface area (Å²) in [5, 5.41) is 0. The summed E-state index contributed by atoms with van der Waals surface area (Å²) >= 11 is 0. The summed E-state index contributed by atoms with van der Waals surface area (Å²) in [4.78, 5) is 16.9. The molecule has 0 unspecified atom stereocenters. The fourth-order valence-corrected chi connectivity index (χ4v) is 4.26. The second kappa shape index (κ2) is 6.75. The van der Waals surface area contributed by atoms with Gasteiger partial charge in [0.15, 0.2) is 0 Å². The molecule has 0 aromatic heterocycles. The van der Waals surface area contributed by atoms with Crippen LogP contribution in [0.2, 0.25) is 0 Å². The third kappa shape index (κ3) is 3.75. The van der Waals surface area contributed by atoms with E-state index in [-0.39, 0.29) is 12.1 Å². The summed E-state index contributed by atoms with van der Waals surface area (Å²) < 4.78 is 5.58. The lowest BCUT2D eigenvalue weighted by Gasteiger charge is -2.31. The summed E-state index contributed by atoms with van der Waals surface area (Å²) in [5.74, 6) is 0.575. The van der Waals surface area contributed by atoms with Crippen LogP contribution in [0.25, 0.3) is 0 Å². The van der Waals surface area contributed by atoms with E-state index in [1.165, 1.54) is 24.8 Å². The summed E-state index contributed by atoms with van der Waals surface area (Å²) in [6.07, 6.45) is 3.53. The predicted molar refractivity (Wildman–Crippen MR) is 95.8 cm³/mol. The van der Waals surface area contributed by atoms with E-state index in [1.807, 2.05) is 32.7 Å². The van der Waals surface area contributed by atoms with Crippen LogP contribution in [-0.4, -0.2) is 47.2 Å². The van der Waals surface area contributed by atoms with Gasteiger partial charge < -0.3 is 9.64 Å². The Labute approximate surface area is 145 Å². The summed E-state index contributed by atoms with van der Waals surface area (Å²) in [7, 11) is 1.90. The number of carbonyl (C=O) groups excluding carboxylic acids is 1. The number of fused-ring (bicyclic) bond motifs is 1. The summed E-state index contributed by atoms with van der Waals surface area (Å²) in [5.41, 5.74) is 0.909. The molecule has 1 amide bonds. The van der Waals surface area contributed by atoms with E-state index < -0.39 is 5.60 Å². The van der Waals surface area contributed by atoms with Crippen molar-refractivity contribution >= 4 is 6.09 Å². The Kier molecular flexibility index (Phi) is 4.86. The third-order valence-electron chi connectivity index (χ3n) is 5.32. The zero-order chi connectivity index (χ0) is 17.3. The number of ether oxygens (including phenoxy) is 1. The number of nitrogens with zero attached hydrogens (tertiary/aromatic N) is 2. The first-order valence-electron chi connectivity index (χ1n) is 9.09. The van der Waals surface area contributed by atoms with Crippen molar-refractivity contribution in [3.8, 4) is 0 Å². The fraction of sp³-hybridized carbons (Fsp3) is 0.650. The van der Waals surface area contributed by atoms with Gasteiger partial charge >= 0.3 is 6.09 Å². The molecule has 24 heavy (non-hydrogen) atoms. The molecule has 3 rings (SSSR count). The molecule has 1 heterocycles. The molecule has 3 atom stereocenters. The molecular weight excluding hydrogens is 300 g/mol. The van der Waals surface area contributed by atoms with Crippen molar-refractivity contribution in [1.82, 2.24) is 9.80 Å². The number of hydrogen-bond donors (Lipinski definition) is 0. The number of hydrogen-bond acceptors (Lipinski definition) is 3. The maximum atomic E-state index is 12.5. The Hall–Kier alpha value is -1.55. The molecule has 1 aliphatic carbocycles. The average Bonchev–Trinajstić information content (AvgIpc) is 3.10. The number of carbonyl (C=O) groups is 1. The van der Waals surface area contributed by atoms with E-state index in [4.69, 9.17) is 4.74 Å². The highest BCUT2D eigenvalue weighted by Crippen LogP contribution is 2.40. The van der Waals surface area contributed by atoms with Crippen molar-refractivity contribution < 1.29 is 9.53 Å². The number of rotatable bonds is 3. The van der Waals surface area contributed by atoms with Crippen LogP contribution in [0, 0.1) is 5.92 Å². The van der Waals surface area contributed by atoms with Crippen LogP contribution in [0.3, 0.4) is 0 Å². The summed E-state index contributed by atoms with van der Waals surface area (Å²) in [6.45, 7) is 7.69. The minimum atomic E-state index is -0.442. The molecule has 4 nitrogen and oxygen atoms in total. The highest BCUT2D eigenvalue weighted by Gasteiger charge is 2.47. The van der Waals surface area contributed by atoms with Crippen LogP contribution in [0.5, 0.6) is 0 Å². The predicted octanol–water partition coefficient (Wildman–Crippen LogP) is 3.91. The van der Waals surface area contributed by atoms with Crippen LogP contribution in [0.1, 0.15) is 45.6 Å². The molecule has 1 aromatic carbocycles. The van der Waals surface area contributed by atoms with Gasteiger partial charge in [0.05, 0.1) is 6.04 Å². The van der Waals surface area contributed by atoms with E-state index in [0.29, 0.717) is 12.0 Å². The van der Waals surface area contributed by atoms with Gasteiger partial charge in [-0.15, -0.1) is 0 Å². The van der Waals surface area contributed by atoms with Crippen molar-refractivity contribution in [3.63, 3.8) is 0 Å². The molecule has 1 saturated carbocycles. The highest BCUT2D eigenvalue weighted by atomic mass is 16.6. The van der Waals surface area contributed by atoms with Gasteiger partial charge in [-0.3, -0.25) is 4.90 Å². The third-order valence-corrected chi connectivity index (χ3v) is 5.32. The van der Waals surface area contributed by atoms with Crippen LogP contribution in [0.4, 0.5) is 4.79 Å². The molecule has 0 bridgehead atoms. The van der Waals surface area contributed by atoms with Gasteiger partial charge in [0, 0.05) is 26.2 Å². The lowest BCUT2D eigenvalue weighted by Crippen LogP contribution is -2.44. The maximum Gasteiger partial charge on any atom is 0.410 e. The van der Waals surface area contributed by atoms with Gasteiger partial charge in [0.1, 0.15) is 5.60 Å². The molecular formula is C20H30N2O2. The zero-order valence-electron chi connectivity index (χ0n) is 15.4. The van der Waals surface area contributed by atoms with Gasteiger partial charge in [-0.25, -0.2) is 4.79 Å². The van der Waals surface area contributed by atoms with E-state index in [1.54, 1.807) is 0 Å². The quantitative estimate of drug-likeness (QED) is 0.842. The molecule has 2 aliphatic rings. The van der Waals surface area contributed by atoms with Crippen LogP contribution < -0.4 is 0 Å². The Bertz CT molecular complexity index is 567. The van der Waals surface area contributed by atoms with Crippen LogP contribution in [0.15, 0.2) is 30.3 Å². The minimum absolute atomic E-state index is 0.195. The molecule has 0 radical (unpaired) electrons. The molecule has 0 N–H and O–H groups in total. The lowest BCUT2D eigenvalue weighted by atomic mass is 9.98. The molecule has 0 spiro atoms. The van der Waals surface area contributed by atoms with E-state index in [0.717, 1.165) is 13.1 Å². The first-order chi connectivity index (χ1) is 11.3. The number of amides is 1. The Morgan fingerprint density at radius 3 is 2.62 bits per heavy atom. The van der Waals surface area contributed by atoms with Gasteiger partial charge in [0.25, 0.3) is 0 Å². The Morgan fingerprint density at radius 1 is 1.25 bits per heavy atom. The monoisotopic (exact) mass is 330 g/mol. The molecule has 1 saturated heterocycles. The Balaban J connectivity index is 1.70. The second-order valence-electron chi connectivity index (χ2n) is 8.24. The summed E-state index contributed by atoms with van der Waals surface area (Å²) in [6, 6.07) is 11.5. The van der Waals surface area contributed by atoms with Crippen LogP contribution in [-0.2, 0) is 11.3 Å². The van der Waals surface area contributed by atoms with Gasteiger partial charge in [0.2, 0.25) is 0 Å². The van der Waals surface area contributed by atoms with Gasteiger partial charge in [-0.2, -0.15) is 0 Å². The number of likely N-dealkylation sites (tertiary alicyclic amines) is 1. The zero-order valence-corrected chi connectivity index (χ0v) is 15.4. The van der Waals surface area contributed by atoms with E-state index >= 15 is 0 Å². The molecule has 4 heteroatoms. The standard InChI is InChI=1S/C20H30N2O2/c1-20(2,3)24-19(23)21(4)18-14-22(17-12-8-11-16(17)18)13-15-9-6-5-7-10-15/h5-7,9-10,16-18H,8,11-14H2,1-4H3/t16-,17+,18-/m0/s1. The van der Waals surface area contributed by atoms with Crippen molar-refractivity contribution in [2.24, 2.45) is 5.92 Å². The van der Waals surface area contributed by atoms with E-state index in [9.17, 15) is 4.79 Å². The van der Waals surface area contributed by atoms with Gasteiger partial charge in [-0.1, -0.05) is 36.8 Å². The smallest absolute Gasteiger partial charge is 0.410 e. The molecule has 1 aliphatic heterocycles. The van der Waals surface area contributed by atoms with Gasteiger partial charge in [-0.05, 0) is 45.1 Å². The first kappa shape index (κ1) is 17.3. The number of benzene rings is 1. The Morgan fingerprint density at radius 2 is 1.96 bits per heavy atom. The maximum absolute atomic E-state index is 12.5. The molecule has 1 aromatic rings. The van der Waals surface area contributed by atoms with Crippen LogP contribution >= 0.6 is 0 Å². The van der Waals surface area contributed by atoms with Crippen molar-refractivity contribution in [3.05, 3.63) is 35.9 Å². The van der Waals surface area contributed by atoms with E-state index in [2.05, 4.69) is 35.2 Å². The lowest BCUT2D eigenvalue weighted by molar-refractivity contribution is 0.0195. The second-order valence-corrected chi connectivity index (χ2v) is 8.24. The topological polar surface area (TPSA) is 32.8 Å². The molecule has 132 valence electrons. The largest absolute Gasteiger partial charge is 0.444 e. The molecule has 2 fully saturated rings. The number of likely N-dealkylation sites (N-methyl/N-ethyl adjacent to an activating group) is 1. The SMILES string of the molecule is CN(C(=O)OC(C)(C)C)[C@H]1CN(Cc2ccccc2)[C@@H]2CCC[C@@H]21. The average molecular weight is 330 g/mol. The minimum Gasteiger partial charge on any atom is -0.444 e. The highest BCUT2D eigenvalue weighted by molar-refractivity contribution is 5.68. The fourth-order valence-electron chi connectivity index (χ4n) is 4.26.